The van der Waals surface area contributed by atoms with Crippen LogP contribution in [0.4, 0.5) is 0 Å². The Morgan fingerprint density at radius 3 is 3.06 bits per heavy atom. The quantitative estimate of drug-likeness (QED) is 0.693. The third-order valence-corrected chi connectivity index (χ3v) is 3.82. The highest BCUT2D eigenvalue weighted by Crippen LogP contribution is 2.33. The lowest BCUT2D eigenvalue weighted by atomic mass is 9.88. The van der Waals surface area contributed by atoms with Gasteiger partial charge in [-0.15, -0.1) is 0 Å². The largest absolute Gasteiger partial charge is 0.373 e. The van der Waals surface area contributed by atoms with Crippen molar-refractivity contribution in [3.05, 3.63) is 18.0 Å². The summed E-state index contributed by atoms with van der Waals surface area (Å²) >= 11 is 0. The zero-order valence-electron chi connectivity index (χ0n) is 10.2. The molecule has 3 N–H and O–H groups in total. The van der Waals surface area contributed by atoms with E-state index in [0.29, 0.717) is 12.2 Å². The van der Waals surface area contributed by atoms with Crippen LogP contribution in [0.3, 0.4) is 0 Å². The third kappa shape index (κ3) is 2.26. The van der Waals surface area contributed by atoms with Gasteiger partial charge < -0.3 is 15.4 Å². The number of nitrogens with one attached hydrogen (secondary N) is 3. The lowest BCUT2D eigenvalue weighted by Gasteiger charge is -2.32. The van der Waals surface area contributed by atoms with Gasteiger partial charge in [0.05, 0.1) is 30.0 Å². The highest BCUT2D eigenvalue weighted by atomic mass is 16.5. The van der Waals surface area contributed by atoms with Gasteiger partial charge >= 0.3 is 0 Å². The summed E-state index contributed by atoms with van der Waals surface area (Å²) in [5, 5.41) is 12.8. The Labute approximate surface area is 105 Å². The number of amides is 1. The van der Waals surface area contributed by atoms with Crippen molar-refractivity contribution >= 4 is 5.91 Å². The minimum atomic E-state index is -0.0802. The average Bonchev–Trinajstić information content (AvgIpc) is 3.01. The molecule has 6 nitrogen and oxygen atoms in total. The molecule has 2 aliphatic heterocycles. The molecule has 1 spiro atoms. The molecule has 18 heavy (non-hydrogen) atoms. The standard InChI is InChI=1S/C12H18N4O2/c17-11(9-6-14-15-7-9)16-10-5-12(18-8-10)1-3-13-4-2-12/h6-7,10,13H,1-5,8H2,(H,14,15)(H,16,17). The van der Waals surface area contributed by atoms with E-state index in [1.807, 2.05) is 0 Å². The molecule has 0 aliphatic carbocycles. The second-order valence-electron chi connectivity index (χ2n) is 5.11. The second kappa shape index (κ2) is 4.70. The van der Waals surface area contributed by atoms with Crippen molar-refractivity contribution in [2.75, 3.05) is 19.7 Å². The topological polar surface area (TPSA) is 79.0 Å². The molecule has 2 saturated heterocycles. The van der Waals surface area contributed by atoms with Gasteiger partial charge in [-0.2, -0.15) is 5.10 Å². The van der Waals surface area contributed by atoms with E-state index in [9.17, 15) is 4.79 Å². The van der Waals surface area contributed by atoms with E-state index < -0.39 is 0 Å². The Kier molecular flexibility index (Phi) is 3.05. The van der Waals surface area contributed by atoms with Crippen LogP contribution in [0.15, 0.2) is 12.4 Å². The third-order valence-electron chi connectivity index (χ3n) is 3.82. The molecule has 1 aromatic rings. The van der Waals surface area contributed by atoms with E-state index in [1.165, 1.54) is 6.20 Å². The highest BCUT2D eigenvalue weighted by molar-refractivity contribution is 5.93. The normalized spacial score (nSPS) is 26.3. The molecule has 0 saturated carbocycles. The van der Waals surface area contributed by atoms with E-state index in [0.717, 1.165) is 32.4 Å². The molecular formula is C12H18N4O2. The van der Waals surface area contributed by atoms with Crippen molar-refractivity contribution in [1.29, 1.82) is 0 Å². The lowest BCUT2D eigenvalue weighted by molar-refractivity contribution is -0.0194. The van der Waals surface area contributed by atoms with Gasteiger partial charge in [-0.05, 0) is 32.4 Å². The molecule has 1 aromatic heterocycles. The summed E-state index contributed by atoms with van der Waals surface area (Å²) in [5.41, 5.74) is 0.556. The smallest absolute Gasteiger partial charge is 0.254 e. The Balaban J connectivity index is 1.57. The van der Waals surface area contributed by atoms with E-state index in [-0.39, 0.29) is 17.6 Å². The molecule has 98 valence electrons. The first kappa shape index (κ1) is 11.7. The van der Waals surface area contributed by atoms with Crippen molar-refractivity contribution in [1.82, 2.24) is 20.8 Å². The van der Waals surface area contributed by atoms with Crippen LogP contribution in [0.1, 0.15) is 29.6 Å². The zero-order valence-corrected chi connectivity index (χ0v) is 10.2. The van der Waals surface area contributed by atoms with E-state index in [4.69, 9.17) is 4.74 Å². The van der Waals surface area contributed by atoms with Crippen molar-refractivity contribution in [3.8, 4) is 0 Å². The number of aromatic nitrogens is 2. The van der Waals surface area contributed by atoms with Gasteiger partial charge in [0.2, 0.25) is 0 Å². The van der Waals surface area contributed by atoms with Crippen LogP contribution in [-0.2, 0) is 4.74 Å². The van der Waals surface area contributed by atoms with Gasteiger partial charge in [0.15, 0.2) is 0 Å². The number of H-pyrrole nitrogens is 1. The summed E-state index contributed by atoms with van der Waals surface area (Å²) in [6.07, 6.45) is 6.12. The molecule has 2 fully saturated rings. The molecule has 1 atom stereocenters. The molecule has 0 bridgehead atoms. The fourth-order valence-electron chi connectivity index (χ4n) is 2.81. The van der Waals surface area contributed by atoms with Crippen molar-refractivity contribution < 1.29 is 9.53 Å². The molecule has 0 aromatic carbocycles. The second-order valence-corrected chi connectivity index (χ2v) is 5.11. The van der Waals surface area contributed by atoms with E-state index >= 15 is 0 Å². The Bertz CT molecular complexity index is 412. The number of aromatic amines is 1. The van der Waals surface area contributed by atoms with Crippen LogP contribution in [0, 0.1) is 0 Å². The number of hydrogen-bond acceptors (Lipinski definition) is 4. The highest BCUT2D eigenvalue weighted by Gasteiger charge is 2.41. The van der Waals surface area contributed by atoms with Crippen molar-refractivity contribution in [3.63, 3.8) is 0 Å². The number of rotatable bonds is 2. The minimum absolute atomic E-state index is 0.0143. The van der Waals surface area contributed by atoms with Crippen molar-refractivity contribution in [2.45, 2.75) is 30.9 Å². The van der Waals surface area contributed by atoms with Gasteiger partial charge in [-0.3, -0.25) is 9.89 Å². The van der Waals surface area contributed by atoms with Gasteiger partial charge in [0, 0.05) is 6.20 Å². The molecule has 1 amide bonds. The van der Waals surface area contributed by atoms with Crippen molar-refractivity contribution in [2.24, 2.45) is 0 Å². The SMILES string of the molecule is O=C(NC1COC2(CCNCC2)C1)c1cn[nH]c1. The number of carbonyl (C=O) groups is 1. The van der Waals surface area contributed by atoms with Crippen LogP contribution in [0.5, 0.6) is 0 Å². The average molecular weight is 250 g/mol. The molecule has 1 unspecified atom stereocenters. The van der Waals surface area contributed by atoms with Crippen LogP contribution >= 0.6 is 0 Å². The summed E-state index contributed by atoms with van der Waals surface area (Å²) < 4.78 is 5.93. The molecule has 0 radical (unpaired) electrons. The van der Waals surface area contributed by atoms with Crippen LogP contribution in [0.2, 0.25) is 0 Å². The molecule has 3 rings (SSSR count). The number of piperidine rings is 1. The first-order valence-corrected chi connectivity index (χ1v) is 6.42. The fraction of sp³-hybridized carbons (Fsp3) is 0.667. The Morgan fingerprint density at radius 2 is 2.33 bits per heavy atom. The number of ether oxygens (including phenoxy) is 1. The summed E-state index contributed by atoms with van der Waals surface area (Å²) in [7, 11) is 0. The van der Waals surface area contributed by atoms with Crippen LogP contribution in [-0.4, -0.2) is 47.4 Å². The molecule has 2 aliphatic rings. The number of carbonyl (C=O) groups excluding carboxylic acids is 1. The number of nitrogens with zero attached hydrogens (tertiary/aromatic N) is 1. The number of hydrogen-bond donors (Lipinski definition) is 3. The first-order valence-electron chi connectivity index (χ1n) is 6.42. The first-order chi connectivity index (χ1) is 8.77. The summed E-state index contributed by atoms with van der Waals surface area (Å²) in [4.78, 5) is 11.9. The monoisotopic (exact) mass is 250 g/mol. The van der Waals surface area contributed by atoms with E-state index in [1.54, 1.807) is 6.20 Å². The van der Waals surface area contributed by atoms with Crippen LogP contribution < -0.4 is 10.6 Å². The maximum atomic E-state index is 11.9. The molecular weight excluding hydrogens is 232 g/mol. The van der Waals surface area contributed by atoms with Gasteiger partial charge in [0.1, 0.15) is 0 Å². The lowest BCUT2D eigenvalue weighted by Crippen LogP contribution is -2.43. The zero-order chi connectivity index (χ0) is 12.4. The Hall–Kier alpha value is -1.40. The van der Waals surface area contributed by atoms with E-state index in [2.05, 4.69) is 20.8 Å². The predicted octanol–water partition coefficient (Wildman–Crippen LogP) is 0.0506. The summed E-state index contributed by atoms with van der Waals surface area (Å²) in [6, 6.07) is 0.116. The Morgan fingerprint density at radius 1 is 1.50 bits per heavy atom. The maximum Gasteiger partial charge on any atom is 0.254 e. The molecule has 6 heteroatoms. The van der Waals surface area contributed by atoms with Crippen LogP contribution in [0.25, 0.3) is 0 Å². The van der Waals surface area contributed by atoms with Gasteiger partial charge in [-0.1, -0.05) is 0 Å². The fourth-order valence-corrected chi connectivity index (χ4v) is 2.81. The van der Waals surface area contributed by atoms with Gasteiger partial charge in [-0.25, -0.2) is 0 Å². The summed E-state index contributed by atoms with van der Waals surface area (Å²) in [6.45, 7) is 2.62. The minimum Gasteiger partial charge on any atom is -0.373 e. The predicted molar refractivity (Wildman–Crippen MR) is 65.2 cm³/mol. The molecule has 3 heterocycles. The summed E-state index contributed by atoms with van der Waals surface area (Å²) in [5.74, 6) is -0.0802. The maximum absolute atomic E-state index is 11.9. The van der Waals surface area contributed by atoms with Gasteiger partial charge in [0.25, 0.3) is 5.91 Å².